The molecular formula is C43H77NO9P+. The van der Waals surface area contributed by atoms with Gasteiger partial charge in [0.15, 0.2) is 6.10 Å². The van der Waals surface area contributed by atoms with E-state index in [-0.39, 0.29) is 26.1 Å². The topological polar surface area (TPSA) is 129 Å². The van der Waals surface area contributed by atoms with E-state index in [4.69, 9.17) is 18.5 Å². The van der Waals surface area contributed by atoms with Crippen LogP contribution >= 0.6 is 7.82 Å². The highest BCUT2D eigenvalue weighted by molar-refractivity contribution is 7.47. The fourth-order valence-electron chi connectivity index (χ4n) is 5.13. The smallest absolute Gasteiger partial charge is 0.462 e. The van der Waals surface area contributed by atoms with Gasteiger partial charge in [0.25, 0.3) is 0 Å². The normalized spacial score (nSPS) is 14.9. The number of aliphatic hydroxyl groups is 1. The predicted molar refractivity (Wildman–Crippen MR) is 221 cm³/mol. The number of hydrogen-bond acceptors (Lipinski definition) is 8. The summed E-state index contributed by atoms with van der Waals surface area (Å²) in [5, 5.41) is 9.77. The number of hydrogen-bond donors (Lipinski definition) is 2. The molecule has 0 radical (unpaired) electrons. The van der Waals surface area contributed by atoms with Crippen LogP contribution in [0, 0.1) is 0 Å². The SMILES string of the molecule is CC/C=C\C(O)C/C=C/C=C\C/C=C\C/C=C\CCCC(=O)O[C@H](COC(=O)CCCCCCCCCCCCCC)COP(=O)(O)OCC[N+](C)(C)C. The van der Waals surface area contributed by atoms with E-state index in [9.17, 15) is 24.2 Å². The van der Waals surface area contributed by atoms with Crippen molar-refractivity contribution in [1.29, 1.82) is 0 Å². The van der Waals surface area contributed by atoms with Crippen LogP contribution in [0.3, 0.4) is 0 Å². The van der Waals surface area contributed by atoms with Crippen LogP contribution in [0.1, 0.15) is 142 Å². The molecule has 0 aromatic heterocycles. The Morgan fingerprint density at radius 2 is 1.26 bits per heavy atom. The number of quaternary nitrogens is 1. The van der Waals surface area contributed by atoms with E-state index in [0.717, 1.165) is 38.5 Å². The molecule has 0 heterocycles. The molecule has 2 unspecified atom stereocenters. The Labute approximate surface area is 329 Å². The molecule has 0 aromatic carbocycles. The van der Waals surface area contributed by atoms with E-state index in [1.54, 1.807) is 0 Å². The van der Waals surface area contributed by atoms with Gasteiger partial charge in [-0.1, -0.05) is 145 Å². The molecule has 0 amide bonds. The van der Waals surface area contributed by atoms with Crippen LogP contribution in [0.5, 0.6) is 0 Å². The second kappa shape index (κ2) is 35.1. The van der Waals surface area contributed by atoms with Crippen molar-refractivity contribution in [3.05, 3.63) is 60.8 Å². The number of aliphatic hydroxyl groups excluding tert-OH is 1. The van der Waals surface area contributed by atoms with E-state index in [2.05, 4.69) is 25.2 Å². The highest BCUT2D eigenvalue weighted by Crippen LogP contribution is 2.43. The second-order valence-corrected chi connectivity index (χ2v) is 16.3. The number of phosphoric acid groups is 1. The molecule has 0 saturated heterocycles. The third kappa shape index (κ3) is 38.0. The molecule has 0 aliphatic heterocycles. The van der Waals surface area contributed by atoms with Crippen molar-refractivity contribution in [1.82, 2.24) is 0 Å². The Morgan fingerprint density at radius 1 is 0.685 bits per heavy atom. The van der Waals surface area contributed by atoms with Gasteiger partial charge in [0, 0.05) is 12.8 Å². The Bertz CT molecular complexity index is 1130. The lowest BCUT2D eigenvalue weighted by Gasteiger charge is -2.24. The largest absolute Gasteiger partial charge is 0.472 e. The first kappa shape index (κ1) is 51.7. The summed E-state index contributed by atoms with van der Waals surface area (Å²) < 4.78 is 34.1. The van der Waals surface area contributed by atoms with Crippen LogP contribution in [-0.2, 0) is 32.7 Å². The molecule has 0 aliphatic rings. The van der Waals surface area contributed by atoms with E-state index in [0.29, 0.717) is 30.3 Å². The van der Waals surface area contributed by atoms with Crippen LogP contribution in [0.2, 0.25) is 0 Å². The van der Waals surface area contributed by atoms with E-state index in [1.165, 1.54) is 57.8 Å². The standard InChI is InChI=1S/C43H76NO9P/c1-6-8-10-11-12-13-14-18-21-24-27-30-34-42(46)50-38-41(39-52-54(48,49)51-37-36-44(3,4)5)53-43(47)35-31-28-25-22-19-16-15-17-20-23-26-29-33-40(45)32-9-7-2/h9,15-16,20,22-23,25-26,29,32,40-41,45H,6-8,10-14,17-19,21,24,27-28,30-31,33-39H2,1-5H3/p+1/b16-15-,23-20-,25-22-,29-26+,32-9-/t40?,41-/m1/s1. The highest BCUT2D eigenvalue weighted by Gasteiger charge is 2.27. The zero-order chi connectivity index (χ0) is 40.2. The van der Waals surface area contributed by atoms with Crippen LogP contribution in [-0.4, -0.2) is 86.1 Å². The molecule has 2 N–H and O–H groups in total. The summed E-state index contributed by atoms with van der Waals surface area (Å²) in [6.07, 6.45) is 37.6. The minimum atomic E-state index is -4.40. The second-order valence-electron chi connectivity index (χ2n) is 14.8. The molecule has 0 saturated carbocycles. The fourth-order valence-corrected chi connectivity index (χ4v) is 5.87. The number of phosphoric ester groups is 1. The molecule has 54 heavy (non-hydrogen) atoms. The number of rotatable bonds is 36. The minimum Gasteiger partial charge on any atom is -0.462 e. The van der Waals surface area contributed by atoms with Gasteiger partial charge < -0.3 is 24.0 Å². The van der Waals surface area contributed by atoms with Crippen molar-refractivity contribution in [3.63, 3.8) is 0 Å². The number of carbonyl (C=O) groups excluding carboxylic acids is 2. The maximum atomic E-state index is 12.6. The Balaban J connectivity index is 4.55. The van der Waals surface area contributed by atoms with Crippen molar-refractivity contribution in [2.45, 2.75) is 154 Å². The molecule has 11 heteroatoms. The molecule has 0 spiro atoms. The number of ether oxygens (including phenoxy) is 2. The van der Waals surface area contributed by atoms with Gasteiger partial charge in [-0.15, -0.1) is 0 Å². The highest BCUT2D eigenvalue weighted by atomic mass is 31.2. The van der Waals surface area contributed by atoms with E-state index < -0.39 is 38.6 Å². The monoisotopic (exact) mass is 783 g/mol. The first-order valence-corrected chi connectivity index (χ1v) is 22.1. The minimum absolute atomic E-state index is 0.0117. The van der Waals surface area contributed by atoms with Crippen molar-refractivity contribution < 1.29 is 47.2 Å². The Kier molecular flexibility index (Phi) is 33.6. The van der Waals surface area contributed by atoms with Gasteiger partial charge in [-0.25, -0.2) is 4.57 Å². The van der Waals surface area contributed by atoms with Gasteiger partial charge in [0.05, 0.1) is 33.9 Å². The zero-order valence-electron chi connectivity index (χ0n) is 34.5. The Hall–Kier alpha value is -2.33. The molecule has 3 atom stereocenters. The summed E-state index contributed by atoms with van der Waals surface area (Å²) in [7, 11) is 1.41. The summed E-state index contributed by atoms with van der Waals surface area (Å²) in [5.74, 6) is -0.895. The summed E-state index contributed by atoms with van der Waals surface area (Å²) in [5.41, 5.74) is 0. The first-order chi connectivity index (χ1) is 25.9. The third-order valence-corrected chi connectivity index (χ3v) is 9.37. The van der Waals surface area contributed by atoms with Crippen LogP contribution in [0.4, 0.5) is 0 Å². The fraction of sp³-hybridized carbons (Fsp3) is 0.721. The summed E-state index contributed by atoms with van der Waals surface area (Å²) in [6, 6.07) is 0. The van der Waals surface area contributed by atoms with Gasteiger partial charge >= 0.3 is 19.8 Å². The van der Waals surface area contributed by atoms with Crippen LogP contribution in [0.25, 0.3) is 0 Å². The van der Waals surface area contributed by atoms with Crippen LogP contribution < -0.4 is 0 Å². The summed E-state index contributed by atoms with van der Waals surface area (Å²) in [6.45, 7) is 4.08. The lowest BCUT2D eigenvalue weighted by molar-refractivity contribution is -0.870. The van der Waals surface area contributed by atoms with Gasteiger partial charge in [-0.05, 0) is 44.9 Å². The van der Waals surface area contributed by atoms with E-state index in [1.807, 2.05) is 70.6 Å². The average molecular weight is 783 g/mol. The van der Waals surface area contributed by atoms with Gasteiger partial charge in [-0.3, -0.25) is 18.6 Å². The molecule has 0 bridgehead atoms. The number of carbonyl (C=O) groups is 2. The maximum Gasteiger partial charge on any atom is 0.472 e. The predicted octanol–water partition coefficient (Wildman–Crippen LogP) is 10.3. The summed E-state index contributed by atoms with van der Waals surface area (Å²) >= 11 is 0. The molecule has 10 nitrogen and oxygen atoms in total. The molecule has 0 aromatic rings. The quantitative estimate of drug-likeness (QED) is 0.0159. The van der Waals surface area contributed by atoms with Gasteiger partial charge in [-0.2, -0.15) is 0 Å². The number of nitrogens with zero attached hydrogens (tertiary/aromatic N) is 1. The van der Waals surface area contributed by atoms with Gasteiger partial charge in [0.2, 0.25) is 0 Å². The van der Waals surface area contributed by atoms with Crippen LogP contribution in [0.15, 0.2) is 60.8 Å². The third-order valence-electron chi connectivity index (χ3n) is 8.39. The Morgan fingerprint density at radius 3 is 1.89 bits per heavy atom. The molecule has 0 fully saturated rings. The van der Waals surface area contributed by atoms with Crippen molar-refractivity contribution in [2.24, 2.45) is 0 Å². The van der Waals surface area contributed by atoms with Crippen molar-refractivity contribution in [3.8, 4) is 0 Å². The number of allylic oxidation sites excluding steroid dienone is 8. The molecule has 0 rings (SSSR count). The number of likely N-dealkylation sites (N-methyl/N-ethyl adjacent to an activating group) is 1. The molecule has 312 valence electrons. The first-order valence-electron chi connectivity index (χ1n) is 20.6. The number of esters is 2. The van der Waals surface area contributed by atoms with Crippen molar-refractivity contribution in [2.75, 3.05) is 47.5 Å². The summed E-state index contributed by atoms with van der Waals surface area (Å²) in [4.78, 5) is 35.2. The molecule has 0 aliphatic carbocycles. The van der Waals surface area contributed by atoms with Crippen molar-refractivity contribution >= 4 is 19.8 Å². The van der Waals surface area contributed by atoms with E-state index >= 15 is 0 Å². The lowest BCUT2D eigenvalue weighted by atomic mass is 10.0. The lowest BCUT2D eigenvalue weighted by Crippen LogP contribution is -2.37. The zero-order valence-corrected chi connectivity index (χ0v) is 35.4. The molecular weight excluding hydrogens is 705 g/mol. The number of unbranched alkanes of at least 4 members (excludes halogenated alkanes) is 12. The maximum absolute atomic E-state index is 12.6. The van der Waals surface area contributed by atoms with Gasteiger partial charge in [0.1, 0.15) is 19.8 Å². The average Bonchev–Trinajstić information content (AvgIpc) is 3.11.